The van der Waals surface area contributed by atoms with Crippen LogP contribution in [-0.4, -0.2) is 35.5 Å². The van der Waals surface area contributed by atoms with Crippen molar-refractivity contribution in [2.75, 3.05) is 26.2 Å². The van der Waals surface area contributed by atoms with E-state index in [1.807, 2.05) is 9.31 Å². The molecular formula is C5H13N3S. The van der Waals surface area contributed by atoms with Gasteiger partial charge in [0.1, 0.15) is 0 Å². The summed E-state index contributed by atoms with van der Waals surface area (Å²) in [6, 6.07) is 0. The van der Waals surface area contributed by atoms with Crippen LogP contribution in [0.15, 0.2) is 0 Å². The number of rotatable bonds is 0. The number of hydrogen-bond acceptors (Lipinski definition) is 4. The predicted molar refractivity (Wildman–Crippen MR) is 40.9 cm³/mol. The molecule has 0 aromatic carbocycles. The van der Waals surface area contributed by atoms with Gasteiger partial charge in [-0.2, -0.15) is 0 Å². The molecule has 3 nitrogen and oxygen atoms in total. The quantitative estimate of drug-likeness (QED) is 0.365. The van der Waals surface area contributed by atoms with E-state index < -0.39 is 0 Å². The summed E-state index contributed by atoms with van der Waals surface area (Å²) in [5.74, 6) is 5.57. The highest BCUT2D eigenvalue weighted by atomic mass is 32.1. The minimum absolute atomic E-state index is 0.934. The average Bonchev–Trinajstić information content (AvgIpc) is 1.97. The summed E-state index contributed by atoms with van der Waals surface area (Å²) in [6.07, 6.45) is 1.12. The van der Waals surface area contributed by atoms with Crippen LogP contribution in [0.2, 0.25) is 0 Å². The molecule has 0 atom stereocenters. The first kappa shape index (κ1) is 7.34. The standard InChI is InChI=1S/C5H13N3S/c6-7-2-1-3-8(9)5-4-7/h9H,1-6H2. The summed E-state index contributed by atoms with van der Waals surface area (Å²) in [4.78, 5) is 0. The lowest BCUT2D eigenvalue weighted by atomic mass is 10.4. The second-order valence-electron chi connectivity index (χ2n) is 2.34. The van der Waals surface area contributed by atoms with Gasteiger partial charge in [-0.1, -0.05) is 12.8 Å². The number of hydrazine groups is 1. The summed E-state index contributed by atoms with van der Waals surface area (Å²) in [5, 5.41) is 1.84. The van der Waals surface area contributed by atoms with Crippen LogP contribution >= 0.6 is 12.8 Å². The Kier molecular flexibility index (Phi) is 2.78. The van der Waals surface area contributed by atoms with E-state index in [0.717, 1.165) is 32.6 Å². The Morgan fingerprint density at radius 3 is 2.67 bits per heavy atom. The fourth-order valence-corrected chi connectivity index (χ4v) is 1.15. The molecule has 1 fully saturated rings. The van der Waals surface area contributed by atoms with Gasteiger partial charge in [0.05, 0.1) is 0 Å². The van der Waals surface area contributed by atoms with Crippen molar-refractivity contribution in [1.82, 2.24) is 9.31 Å². The highest BCUT2D eigenvalue weighted by Gasteiger charge is 2.07. The van der Waals surface area contributed by atoms with E-state index in [1.165, 1.54) is 0 Å². The lowest BCUT2D eigenvalue weighted by Crippen LogP contribution is -2.33. The fourth-order valence-electron chi connectivity index (χ4n) is 0.924. The van der Waals surface area contributed by atoms with Crippen molar-refractivity contribution in [3.8, 4) is 0 Å². The smallest absolute Gasteiger partial charge is 0.0265 e. The van der Waals surface area contributed by atoms with Crippen LogP contribution in [-0.2, 0) is 0 Å². The monoisotopic (exact) mass is 147 g/mol. The second kappa shape index (κ2) is 3.41. The van der Waals surface area contributed by atoms with Gasteiger partial charge in [-0.3, -0.25) is 10.1 Å². The van der Waals surface area contributed by atoms with Gasteiger partial charge in [-0.05, 0) is 6.42 Å². The summed E-state index contributed by atoms with van der Waals surface area (Å²) in [5.41, 5.74) is 0. The molecular weight excluding hydrogens is 134 g/mol. The van der Waals surface area contributed by atoms with Crippen LogP contribution in [0.5, 0.6) is 0 Å². The third-order valence-corrected chi connectivity index (χ3v) is 1.91. The van der Waals surface area contributed by atoms with Gasteiger partial charge in [0.15, 0.2) is 0 Å². The Hall–Kier alpha value is 0.230. The molecule has 0 aliphatic carbocycles. The molecule has 0 unspecified atom stereocenters. The number of hydrogen-bond donors (Lipinski definition) is 2. The molecule has 1 aliphatic rings. The molecule has 54 valence electrons. The van der Waals surface area contributed by atoms with Gasteiger partial charge in [-0.25, -0.2) is 5.01 Å². The summed E-state index contributed by atoms with van der Waals surface area (Å²) >= 11 is 4.22. The van der Waals surface area contributed by atoms with Gasteiger partial charge in [-0.15, -0.1) is 0 Å². The lowest BCUT2D eigenvalue weighted by molar-refractivity contribution is 0.299. The van der Waals surface area contributed by atoms with Gasteiger partial charge in [0.25, 0.3) is 0 Å². The van der Waals surface area contributed by atoms with Crippen molar-refractivity contribution < 1.29 is 0 Å². The lowest BCUT2D eigenvalue weighted by Gasteiger charge is -2.11. The van der Waals surface area contributed by atoms with Crippen LogP contribution < -0.4 is 5.84 Å². The van der Waals surface area contributed by atoms with E-state index in [9.17, 15) is 0 Å². The van der Waals surface area contributed by atoms with E-state index in [1.54, 1.807) is 0 Å². The molecule has 0 aromatic rings. The maximum Gasteiger partial charge on any atom is 0.0265 e. The summed E-state index contributed by atoms with van der Waals surface area (Å²) < 4.78 is 2.01. The second-order valence-corrected chi connectivity index (χ2v) is 2.91. The van der Waals surface area contributed by atoms with Crippen molar-refractivity contribution in [3.63, 3.8) is 0 Å². The van der Waals surface area contributed by atoms with Crippen molar-refractivity contribution in [2.24, 2.45) is 5.84 Å². The van der Waals surface area contributed by atoms with Crippen LogP contribution in [0.1, 0.15) is 6.42 Å². The predicted octanol–water partition coefficient (Wildman–Crippen LogP) is -0.287. The summed E-state index contributed by atoms with van der Waals surface area (Å²) in [7, 11) is 0. The zero-order chi connectivity index (χ0) is 6.69. The molecule has 1 aliphatic heterocycles. The molecule has 0 bridgehead atoms. The molecule has 0 saturated carbocycles. The number of thiol groups is 1. The fraction of sp³-hybridized carbons (Fsp3) is 1.00. The summed E-state index contributed by atoms with van der Waals surface area (Å²) in [6.45, 7) is 3.96. The zero-order valence-corrected chi connectivity index (χ0v) is 6.35. The van der Waals surface area contributed by atoms with E-state index in [-0.39, 0.29) is 0 Å². The zero-order valence-electron chi connectivity index (χ0n) is 5.45. The van der Waals surface area contributed by atoms with Crippen LogP contribution in [0.3, 0.4) is 0 Å². The number of nitrogens with zero attached hydrogens (tertiary/aromatic N) is 2. The van der Waals surface area contributed by atoms with Gasteiger partial charge in [0.2, 0.25) is 0 Å². The van der Waals surface area contributed by atoms with E-state index >= 15 is 0 Å². The first-order chi connectivity index (χ1) is 4.29. The molecule has 0 amide bonds. The Morgan fingerprint density at radius 2 is 1.89 bits per heavy atom. The molecule has 0 radical (unpaired) electrons. The van der Waals surface area contributed by atoms with E-state index in [0.29, 0.717) is 0 Å². The van der Waals surface area contributed by atoms with Crippen molar-refractivity contribution in [1.29, 1.82) is 0 Å². The Morgan fingerprint density at radius 1 is 1.11 bits per heavy atom. The van der Waals surface area contributed by atoms with Gasteiger partial charge >= 0.3 is 0 Å². The van der Waals surface area contributed by atoms with Crippen molar-refractivity contribution >= 4 is 12.8 Å². The minimum atomic E-state index is 0.934. The van der Waals surface area contributed by atoms with Crippen LogP contribution in [0, 0.1) is 0 Å². The Bertz CT molecular complexity index is 78.3. The largest absolute Gasteiger partial charge is 0.269 e. The molecule has 2 N–H and O–H groups in total. The molecule has 4 heteroatoms. The maximum atomic E-state index is 5.57. The molecule has 1 heterocycles. The highest BCUT2D eigenvalue weighted by Crippen LogP contribution is 2.00. The minimum Gasteiger partial charge on any atom is -0.269 e. The first-order valence-electron chi connectivity index (χ1n) is 3.22. The van der Waals surface area contributed by atoms with Gasteiger partial charge in [0, 0.05) is 26.2 Å². The SMILES string of the molecule is NN1CCCN(S)CC1. The molecule has 1 rings (SSSR count). The third kappa shape index (κ3) is 2.53. The number of nitrogens with two attached hydrogens (primary N) is 1. The molecule has 0 spiro atoms. The average molecular weight is 147 g/mol. The molecule has 9 heavy (non-hydrogen) atoms. The topological polar surface area (TPSA) is 32.5 Å². The van der Waals surface area contributed by atoms with Crippen LogP contribution in [0.4, 0.5) is 0 Å². The third-order valence-electron chi connectivity index (χ3n) is 1.51. The molecule has 0 aromatic heterocycles. The first-order valence-corrected chi connectivity index (χ1v) is 3.62. The van der Waals surface area contributed by atoms with Crippen molar-refractivity contribution in [3.05, 3.63) is 0 Å². The van der Waals surface area contributed by atoms with Crippen LogP contribution in [0.25, 0.3) is 0 Å². The Balaban J connectivity index is 2.25. The highest BCUT2D eigenvalue weighted by molar-refractivity contribution is 7.77. The maximum absolute atomic E-state index is 5.57. The van der Waals surface area contributed by atoms with E-state index in [4.69, 9.17) is 5.84 Å². The van der Waals surface area contributed by atoms with Crippen molar-refractivity contribution in [2.45, 2.75) is 6.42 Å². The molecule has 1 saturated heterocycles. The van der Waals surface area contributed by atoms with E-state index in [2.05, 4.69) is 12.8 Å². The van der Waals surface area contributed by atoms with Gasteiger partial charge < -0.3 is 0 Å². The normalized spacial score (nSPS) is 26.0. The Labute approximate surface area is 61.3 Å².